The third-order valence-corrected chi connectivity index (χ3v) is 2.77. The molecule has 0 aromatic rings. The van der Waals surface area contributed by atoms with Gasteiger partial charge in [0, 0.05) is 5.16 Å². The summed E-state index contributed by atoms with van der Waals surface area (Å²) in [7, 11) is -3.33. The molecule has 0 aromatic carbocycles. The van der Waals surface area contributed by atoms with Gasteiger partial charge in [-0.05, 0) is 0 Å². The predicted octanol–water partition coefficient (Wildman–Crippen LogP) is 4.58. The lowest BCUT2D eigenvalue weighted by atomic mass is 10.3. The summed E-state index contributed by atoms with van der Waals surface area (Å²) in [4.78, 5) is 0. The maximum atomic E-state index is 13.1. The van der Waals surface area contributed by atoms with Gasteiger partial charge >= 0.3 is 12.4 Å². The molecule has 1 nitrogen and oxygen atoms in total. The van der Waals surface area contributed by atoms with Gasteiger partial charge in [0.05, 0.1) is 0 Å². The Morgan fingerprint density at radius 2 is 1.19 bits per heavy atom. The molecule has 0 radical (unpaired) electrons. The molecule has 0 saturated carbocycles. The summed E-state index contributed by atoms with van der Waals surface area (Å²) >= 11 is 0. The monoisotopic (exact) mass is 274 g/mol. The Morgan fingerprint density at radius 3 is 1.38 bits per heavy atom. The molecular formula is C7H10F7OP. The van der Waals surface area contributed by atoms with Crippen LogP contribution in [0.25, 0.3) is 0 Å². The van der Waals surface area contributed by atoms with Crippen molar-refractivity contribution in [3.8, 4) is 0 Å². The van der Waals surface area contributed by atoms with Gasteiger partial charge in [-0.2, -0.15) is 30.5 Å². The molecule has 0 aromatic heterocycles. The van der Waals surface area contributed by atoms with Gasteiger partial charge < -0.3 is 4.52 Å². The largest absolute Gasteiger partial charge is 0.424 e. The van der Waals surface area contributed by atoms with E-state index >= 15 is 0 Å². The topological polar surface area (TPSA) is 9.23 Å². The van der Waals surface area contributed by atoms with E-state index in [-0.39, 0.29) is 0 Å². The molecule has 0 heterocycles. The summed E-state index contributed by atoms with van der Waals surface area (Å²) in [5.74, 6) is 0. The normalized spacial score (nSPS) is 16.7. The van der Waals surface area contributed by atoms with Crippen molar-refractivity contribution in [2.75, 3.05) is 0 Å². The average Bonchev–Trinajstić information content (AvgIpc) is 1.92. The highest BCUT2D eigenvalue weighted by Gasteiger charge is 2.59. The van der Waals surface area contributed by atoms with Gasteiger partial charge in [-0.25, -0.2) is 0 Å². The van der Waals surface area contributed by atoms with Crippen LogP contribution in [0.2, 0.25) is 0 Å². The minimum atomic E-state index is -5.67. The zero-order valence-electron chi connectivity index (χ0n) is 8.58. The fraction of sp³-hybridized carbons (Fsp3) is 1.00. The minimum Gasteiger partial charge on any atom is -0.307 e. The highest BCUT2D eigenvalue weighted by atomic mass is 31.2. The molecule has 0 bridgehead atoms. The fourth-order valence-electron chi connectivity index (χ4n) is 0.556. The van der Waals surface area contributed by atoms with Crippen LogP contribution >= 0.6 is 8.46 Å². The maximum absolute atomic E-state index is 13.1. The van der Waals surface area contributed by atoms with Crippen LogP contribution in [-0.2, 0) is 4.52 Å². The molecule has 0 rings (SSSR count). The van der Waals surface area contributed by atoms with Crippen molar-refractivity contribution in [1.82, 2.24) is 0 Å². The lowest BCUT2D eigenvalue weighted by molar-refractivity contribution is -0.299. The maximum Gasteiger partial charge on any atom is 0.424 e. The molecule has 1 atom stereocenters. The zero-order valence-corrected chi connectivity index (χ0v) is 9.47. The number of halogens is 7. The summed E-state index contributed by atoms with van der Waals surface area (Å²) in [5, 5.41) is -1.40. The second kappa shape index (κ2) is 4.64. The first-order valence-electron chi connectivity index (χ1n) is 4.02. The molecule has 16 heavy (non-hydrogen) atoms. The quantitative estimate of drug-likeness (QED) is 0.529. The molecule has 98 valence electrons. The second-order valence-electron chi connectivity index (χ2n) is 3.98. The molecule has 9 heteroatoms. The van der Waals surface area contributed by atoms with Gasteiger partial charge in [0.15, 0.2) is 0 Å². The van der Waals surface area contributed by atoms with Crippen LogP contribution in [0.4, 0.5) is 30.5 Å². The van der Waals surface area contributed by atoms with Gasteiger partial charge in [0.25, 0.3) is 6.10 Å². The van der Waals surface area contributed by atoms with E-state index in [2.05, 4.69) is 4.52 Å². The molecule has 0 amide bonds. The van der Waals surface area contributed by atoms with Crippen LogP contribution < -0.4 is 0 Å². The van der Waals surface area contributed by atoms with E-state index < -0.39 is 32.1 Å². The molecule has 0 aliphatic heterocycles. The van der Waals surface area contributed by atoms with Gasteiger partial charge in [0.1, 0.15) is 0 Å². The summed E-state index contributed by atoms with van der Waals surface area (Å²) in [6.07, 6.45) is -15.4. The van der Waals surface area contributed by atoms with Crippen LogP contribution in [0.5, 0.6) is 0 Å². The van der Waals surface area contributed by atoms with Crippen molar-refractivity contribution in [1.29, 1.82) is 0 Å². The van der Waals surface area contributed by atoms with E-state index in [0.717, 1.165) is 20.8 Å². The highest BCUT2D eigenvalue weighted by molar-refractivity contribution is 7.48. The van der Waals surface area contributed by atoms with E-state index in [1.54, 1.807) is 0 Å². The van der Waals surface area contributed by atoms with Crippen molar-refractivity contribution in [2.45, 2.75) is 44.4 Å². The summed E-state index contributed by atoms with van der Waals surface area (Å²) in [5.41, 5.74) is 0. The molecule has 0 aliphatic carbocycles. The van der Waals surface area contributed by atoms with E-state index in [1.807, 2.05) is 0 Å². The summed E-state index contributed by atoms with van der Waals surface area (Å²) in [6.45, 7) is 3.47. The Balaban J connectivity index is 4.85. The van der Waals surface area contributed by atoms with E-state index in [1.165, 1.54) is 0 Å². The standard InChI is InChI=1S/C7H10F7OP/c1-5(2,3)16(14)15-4(6(8,9)10)7(11,12)13/h4H,1-3H3. The SMILES string of the molecule is CC(C)(C)P(F)OC(C(F)(F)F)C(F)(F)F. The Bertz CT molecular complexity index is 214. The lowest BCUT2D eigenvalue weighted by Gasteiger charge is -2.29. The Labute approximate surface area is 88.9 Å². The molecule has 0 fully saturated rings. The van der Waals surface area contributed by atoms with Crippen molar-refractivity contribution >= 4 is 8.46 Å². The van der Waals surface area contributed by atoms with Gasteiger partial charge in [0.2, 0.25) is 8.46 Å². The molecular weight excluding hydrogens is 264 g/mol. The van der Waals surface area contributed by atoms with Crippen molar-refractivity contribution in [3.05, 3.63) is 0 Å². The third-order valence-electron chi connectivity index (χ3n) is 1.32. The van der Waals surface area contributed by atoms with Crippen LogP contribution in [0, 0.1) is 0 Å². The first-order chi connectivity index (χ1) is 6.76. The summed E-state index contributed by atoms with van der Waals surface area (Å²) < 4.78 is 88.3. The van der Waals surface area contributed by atoms with Crippen molar-refractivity contribution < 1.29 is 35.1 Å². The number of alkyl halides is 6. The Kier molecular flexibility index (Phi) is 4.61. The van der Waals surface area contributed by atoms with Gasteiger partial charge in [-0.15, -0.1) is 0 Å². The first kappa shape index (κ1) is 15.9. The van der Waals surface area contributed by atoms with Gasteiger partial charge in [-0.1, -0.05) is 20.8 Å². The smallest absolute Gasteiger partial charge is 0.307 e. The number of hydrogen-bond donors (Lipinski definition) is 0. The minimum absolute atomic E-state index is 1.16. The number of rotatable bonds is 2. The van der Waals surface area contributed by atoms with Crippen molar-refractivity contribution in [2.24, 2.45) is 0 Å². The average molecular weight is 274 g/mol. The van der Waals surface area contributed by atoms with Crippen molar-refractivity contribution in [3.63, 3.8) is 0 Å². The van der Waals surface area contributed by atoms with E-state index in [9.17, 15) is 30.5 Å². The fourth-order valence-corrected chi connectivity index (χ4v) is 1.30. The molecule has 1 unspecified atom stereocenters. The molecule has 0 saturated heterocycles. The number of hydrogen-bond acceptors (Lipinski definition) is 1. The molecule has 0 aliphatic rings. The zero-order chi connectivity index (χ0) is 13.4. The van der Waals surface area contributed by atoms with Gasteiger partial charge in [-0.3, -0.25) is 0 Å². The third kappa shape index (κ3) is 4.82. The van der Waals surface area contributed by atoms with Crippen LogP contribution in [0.3, 0.4) is 0 Å². The second-order valence-corrected chi connectivity index (χ2v) is 6.03. The first-order valence-corrected chi connectivity index (χ1v) is 5.17. The Hall–Kier alpha value is -0.100. The van der Waals surface area contributed by atoms with Crippen LogP contribution in [0.1, 0.15) is 20.8 Å². The highest BCUT2D eigenvalue weighted by Crippen LogP contribution is 2.55. The molecule has 0 spiro atoms. The van der Waals surface area contributed by atoms with Crippen LogP contribution in [0.15, 0.2) is 0 Å². The molecule has 0 N–H and O–H groups in total. The predicted molar refractivity (Wildman–Crippen MR) is 44.8 cm³/mol. The lowest BCUT2D eigenvalue weighted by Crippen LogP contribution is -2.43. The Morgan fingerprint density at radius 1 is 0.875 bits per heavy atom. The van der Waals surface area contributed by atoms with E-state index in [4.69, 9.17) is 0 Å². The van der Waals surface area contributed by atoms with E-state index in [0.29, 0.717) is 0 Å². The summed E-state index contributed by atoms with van der Waals surface area (Å²) in [6, 6.07) is 0. The van der Waals surface area contributed by atoms with Crippen LogP contribution in [-0.4, -0.2) is 23.6 Å².